The second kappa shape index (κ2) is 32.8. The van der Waals surface area contributed by atoms with E-state index in [9.17, 15) is 9.59 Å². The summed E-state index contributed by atoms with van der Waals surface area (Å²) in [5, 5.41) is 0. The molecule has 0 aliphatic heterocycles. The van der Waals surface area contributed by atoms with E-state index in [0.717, 1.165) is 25.7 Å². The second-order valence-electron chi connectivity index (χ2n) is 13.9. The van der Waals surface area contributed by atoms with Crippen LogP contribution in [0.4, 0.5) is 0 Å². The van der Waals surface area contributed by atoms with Crippen LogP contribution >= 0.6 is 0 Å². The van der Waals surface area contributed by atoms with Gasteiger partial charge in [-0.1, -0.05) is 142 Å². The van der Waals surface area contributed by atoms with Crippen molar-refractivity contribution >= 4 is 17.6 Å². The lowest BCUT2D eigenvalue weighted by Gasteiger charge is -2.30. The monoisotopic (exact) mass is 666 g/mol. The van der Waals surface area contributed by atoms with Crippen molar-refractivity contribution in [2.24, 2.45) is 39.6 Å². The number of nitrogens with two attached hydrogens (primary N) is 5. The summed E-state index contributed by atoms with van der Waals surface area (Å²) < 4.78 is 0. The largest absolute Gasteiger partial charge is 0.370 e. The third-order valence-corrected chi connectivity index (χ3v) is 9.51. The standard InChI is InChI=1S/C38H79N7O2/c1-3-5-7-9-11-13-15-16-18-20-22-24-32-45(31-23-21-19-17-14-12-10-8-6-4-2)37(47)35(41)33(27-25-29-39)36(46)34(40)28-26-30-44-38(42)43/h33-35H,3-32,39-41H2,1-2H3,(H4,42,43,44). The molecule has 3 atom stereocenters. The average molecular weight is 666 g/mol. The molecule has 0 aliphatic rings. The van der Waals surface area contributed by atoms with Crippen molar-refractivity contribution in [1.82, 2.24) is 4.90 Å². The molecule has 278 valence electrons. The van der Waals surface area contributed by atoms with E-state index in [4.69, 9.17) is 28.7 Å². The lowest BCUT2D eigenvalue weighted by atomic mass is 9.85. The van der Waals surface area contributed by atoms with Gasteiger partial charge in [-0.05, 0) is 45.1 Å². The molecule has 0 aromatic heterocycles. The minimum atomic E-state index is -0.904. The molecule has 0 heterocycles. The summed E-state index contributed by atoms with van der Waals surface area (Å²) in [4.78, 5) is 33.2. The van der Waals surface area contributed by atoms with Crippen LogP contribution in [0.25, 0.3) is 0 Å². The van der Waals surface area contributed by atoms with Gasteiger partial charge in [0, 0.05) is 25.6 Å². The molecule has 0 radical (unpaired) electrons. The Kier molecular flexibility index (Phi) is 31.6. The van der Waals surface area contributed by atoms with Crippen LogP contribution in [0, 0.1) is 5.92 Å². The van der Waals surface area contributed by atoms with Gasteiger partial charge in [-0.3, -0.25) is 14.6 Å². The van der Waals surface area contributed by atoms with Gasteiger partial charge in [-0.15, -0.1) is 0 Å². The summed E-state index contributed by atoms with van der Waals surface area (Å²) in [6.45, 7) is 6.76. The van der Waals surface area contributed by atoms with Gasteiger partial charge in [0.2, 0.25) is 5.91 Å². The highest BCUT2D eigenvalue weighted by Crippen LogP contribution is 2.19. The zero-order valence-corrected chi connectivity index (χ0v) is 31.0. The minimum absolute atomic E-state index is 0.0222. The third kappa shape index (κ3) is 25.9. The highest BCUT2D eigenvalue weighted by molar-refractivity contribution is 5.93. The molecule has 10 N–H and O–H groups in total. The molecule has 0 aromatic carbocycles. The van der Waals surface area contributed by atoms with E-state index >= 15 is 0 Å². The molecule has 0 rings (SSSR count). The normalized spacial score (nSPS) is 13.3. The van der Waals surface area contributed by atoms with E-state index in [1.807, 2.05) is 4.90 Å². The lowest BCUT2D eigenvalue weighted by molar-refractivity contribution is -0.138. The predicted molar refractivity (Wildman–Crippen MR) is 202 cm³/mol. The van der Waals surface area contributed by atoms with Gasteiger partial charge in [-0.2, -0.15) is 0 Å². The van der Waals surface area contributed by atoms with E-state index in [-0.39, 0.29) is 17.6 Å². The minimum Gasteiger partial charge on any atom is -0.370 e. The van der Waals surface area contributed by atoms with Gasteiger partial charge >= 0.3 is 0 Å². The Hall–Kier alpha value is -1.71. The summed E-state index contributed by atoms with van der Waals surface area (Å²) in [5.74, 6) is -0.893. The van der Waals surface area contributed by atoms with Gasteiger partial charge in [0.1, 0.15) is 0 Å². The number of amides is 1. The molecule has 0 bridgehead atoms. The van der Waals surface area contributed by atoms with Crippen LogP contribution in [0.5, 0.6) is 0 Å². The molecule has 9 heteroatoms. The highest BCUT2D eigenvalue weighted by Gasteiger charge is 2.35. The number of unbranched alkanes of at least 4 members (excludes halogenated alkanes) is 20. The van der Waals surface area contributed by atoms with E-state index in [1.165, 1.54) is 116 Å². The number of nitrogens with zero attached hydrogens (tertiary/aromatic N) is 2. The molecule has 0 saturated carbocycles. The van der Waals surface area contributed by atoms with Crippen molar-refractivity contribution in [2.45, 2.75) is 193 Å². The summed E-state index contributed by atoms with van der Waals surface area (Å²) in [6.07, 6.45) is 29.9. The Morgan fingerprint density at radius 2 is 0.979 bits per heavy atom. The van der Waals surface area contributed by atoms with Crippen molar-refractivity contribution in [3.05, 3.63) is 0 Å². The Labute approximate surface area is 290 Å². The Balaban J connectivity index is 5.00. The number of aliphatic imine (C=N–C) groups is 1. The molecule has 0 spiro atoms. The molecule has 0 saturated heterocycles. The summed E-state index contributed by atoms with van der Waals surface area (Å²) >= 11 is 0. The molecular weight excluding hydrogens is 586 g/mol. The summed E-state index contributed by atoms with van der Waals surface area (Å²) in [5.41, 5.74) is 29.6. The molecule has 9 nitrogen and oxygen atoms in total. The van der Waals surface area contributed by atoms with Crippen molar-refractivity contribution in [3.8, 4) is 0 Å². The molecule has 0 fully saturated rings. The van der Waals surface area contributed by atoms with Crippen LogP contribution < -0.4 is 28.7 Å². The maximum atomic E-state index is 13.9. The number of guanidine groups is 1. The molecule has 1 amide bonds. The average Bonchev–Trinajstić information content (AvgIpc) is 3.06. The van der Waals surface area contributed by atoms with E-state index in [0.29, 0.717) is 51.9 Å². The summed E-state index contributed by atoms with van der Waals surface area (Å²) in [7, 11) is 0. The van der Waals surface area contributed by atoms with Gasteiger partial charge < -0.3 is 33.6 Å². The fourth-order valence-electron chi connectivity index (χ4n) is 6.42. The fourth-order valence-corrected chi connectivity index (χ4v) is 6.42. The molecular formula is C38H79N7O2. The number of hydrogen-bond donors (Lipinski definition) is 5. The van der Waals surface area contributed by atoms with Crippen LogP contribution in [-0.2, 0) is 9.59 Å². The van der Waals surface area contributed by atoms with Crippen molar-refractivity contribution in [2.75, 3.05) is 26.2 Å². The first-order valence-corrected chi connectivity index (χ1v) is 19.9. The molecule has 3 unspecified atom stereocenters. The Morgan fingerprint density at radius 3 is 1.36 bits per heavy atom. The fraction of sp³-hybridized carbons (Fsp3) is 0.921. The van der Waals surface area contributed by atoms with Crippen molar-refractivity contribution in [1.29, 1.82) is 0 Å². The Morgan fingerprint density at radius 1 is 0.574 bits per heavy atom. The number of Topliss-reactive ketones (excluding diaryl/α,β-unsaturated/α-hetero) is 1. The van der Waals surface area contributed by atoms with Crippen LogP contribution in [0.1, 0.15) is 181 Å². The first-order chi connectivity index (χ1) is 22.8. The third-order valence-electron chi connectivity index (χ3n) is 9.51. The Bertz CT molecular complexity index is 760. The van der Waals surface area contributed by atoms with Gasteiger partial charge in [-0.25, -0.2) is 0 Å². The van der Waals surface area contributed by atoms with Crippen LogP contribution in [0.2, 0.25) is 0 Å². The smallest absolute Gasteiger partial charge is 0.240 e. The molecule has 0 aliphatic carbocycles. The maximum Gasteiger partial charge on any atom is 0.240 e. The number of carbonyl (C=O) groups excluding carboxylic acids is 2. The van der Waals surface area contributed by atoms with Crippen LogP contribution in [0.3, 0.4) is 0 Å². The molecule has 47 heavy (non-hydrogen) atoms. The number of carbonyl (C=O) groups is 2. The second-order valence-corrected chi connectivity index (χ2v) is 13.9. The van der Waals surface area contributed by atoms with E-state index in [1.54, 1.807) is 0 Å². The maximum absolute atomic E-state index is 13.9. The van der Waals surface area contributed by atoms with Gasteiger partial charge in [0.15, 0.2) is 11.7 Å². The highest BCUT2D eigenvalue weighted by atomic mass is 16.2. The van der Waals surface area contributed by atoms with Gasteiger partial charge in [0.05, 0.1) is 12.1 Å². The number of rotatable bonds is 35. The zero-order chi connectivity index (χ0) is 35.0. The van der Waals surface area contributed by atoms with E-state index in [2.05, 4.69) is 18.8 Å². The SMILES string of the molecule is CCCCCCCCCCCCCCN(CCCCCCCCCCCC)C(=O)C(N)C(CCCN)C(=O)C(N)CCCN=C(N)N. The van der Waals surface area contributed by atoms with Crippen molar-refractivity contribution < 1.29 is 9.59 Å². The first-order valence-electron chi connectivity index (χ1n) is 19.9. The summed E-state index contributed by atoms with van der Waals surface area (Å²) in [6, 6.07) is -1.61. The zero-order valence-electron chi connectivity index (χ0n) is 31.0. The lowest BCUT2D eigenvalue weighted by Crippen LogP contribution is -2.53. The number of hydrogen-bond acceptors (Lipinski definition) is 6. The molecule has 0 aromatic rings. The quantitative estimate of drug-likeness (QED) is 0.0273. The predicted octanol–water partition coefficient (Wildman–Crippen LogP) is 7.07. The van der Waals surface area contributed by atoms with Crippen LogP contribution in [-0.4, -0.2) is 60.8 Å². The number of ketones is 1. The first kappa shape index (κ1) is 45.3. The van der Waals surface area contributed by atoms with Gasteiger partial charge in [0.25, 0.3) is 0 Å². The van der Waals surface area contributed by atoms with Crippen LogP contribution in [0.15, 0.2) is 4.99 Å². The topological polar surface area (TPSA) is 180 Å². The van der Waals surface area contributed by atoms with Crippen molar-refractivity contribution in [3.63, 3.8) is 0 Å². The van der Waals surface area contributed by atoms with E-state index < -0.39 is 18.0 Å².